The normalized spacial score (nSPS) is 16.8. The summed E-state index contributed by atoms with van der Waals surface area (Å²) in [4.78, 5) is 35.6. The molecular weight excluding hydrogens is 570 g/mol. The van der Waals surface area contributed by atoms with Gasteiger partial charge < -0.3 is 14.4 Å². The maximum atomic E-state index is 14.2. The molecule has 2 aliphatic heterocycles. The first-order valence-electron chi connectivity index (χ1n) is 14.0. The molecule has 7 nitrogen and oxygen atoms in total. The van der Waals surface area contributed by atoms with Gasteiger partial charge in [0.2, 0.25) is 0 Å². The largest absolute Gasteiger partial charge is 0.496 e. The molecular formula is C33H30ClN3O4S. The lowest BCUT2D eigenvalue weighted by molar-refractivity contribution is -0.138. The van der Waals surface area contributed by atoms with E-state index in [0.29, 0.717) is 31.4 Å². The third-order valence-corrected chi connectivity index (χ3v) is 8.74. The minimum Gasteiger partial charge on any atom is -0.496 e. The van der Waals surface area contributed by atoms with Crippen LogP contribution >= 0.6 is 22.9 Å². The lowest BCUT2D eigenvalue weighted by Gasteiger charge is -2.27. The number of hydrogen-bond donors (Lipinski definition) is 0. The van der Waals surface area contributed by atoms with Gasteiger partial charge in [-0.3, -0.25) is 9.36 Å². The lowest BCUT2D eigenvalue weighted by atomic mass is 9.92. The summed E-state index contributed by atoms with van der Waals surface area (Å²) in [5.41, 5.74) is 3.84. The summed E-state index contributed by atoms with van der Waals surface area (Å²) in [6.07, 6.45) is 4.29. The summed E-state index contributed by atoms with van der Waals surface area (Å²) in [5, 5.41) is 0.451. The highest BCUT2D eigenvalue weighted by Crippen LogP contribution is 2.39. The van der Waals surface area contributed by atoms with Crippen LogP contribution in [0.25, 0.3) is 11.8 Å². The van der Waals surface area contributed by atoms with Gasteiger partial charge in [-0.25, -0.2) is 9.79 Å². The summed E-state index contributed by atoms with van der Waals surface area (Å²) in [7, 11) is 1.55. The molecule has 214 valence electrons. The first-order chi connectivity index (χ1) is 20.5. The molecule has 3 heterocycles. The van der Waals surface area contributed by atoms with Gasteiger partial charge in [0.15, 0.2) is 4.80 Å². The van der Waals surface area contributed by atoms with E-state index in [9.17, 15) is 9.59 Å². The van der Waals surface area contributed by atoms with Crippen molar-refractivity contribution in [3.8, 4) is 5.75 Å². The number of nitrogens with zero attached hydrogens (tertiary/aromatic N) is 3. The maximum Gasteiger partial charge on any atom is 0.338 e. The molecule has 1 atom stereocenters. The van der Waals surface area contributed by atoms with Crippen LogP contribution in [0.1, 0.15) is 42.5 Å². The molecule has 0 spiro atoms. The van der Waals surface area contributed by atoms with Crippen molar-refractivity contribution in [2.75, 3.05) is 31.7 Å². The van der Waals surface area contributed by atoms with E-state index in [0.717, 1.165) is 24.2 Å². The average molecular weight is 600 g/mol. The maximum absolute atomic E-state index is 14.2. The fraction of sp³-hybridized carbons (Fsp3) is 0.242. The van der Waals surface area contributed by atoms with Crippen LogP contribution in [0.5, 0.6) is 5.75 Å². The molecule has 42 heavy (non-hydrogen) atoms. The van der Waals surface area contributed by atoms with Crippen LogP contribution < -0.4 is 24.5 Å². The average Bonchev–Trinajstić information content (AvgIpc) is 3.66. The zero-order valence-electron chi connectivity index (χ0n) is 23.4. The molecule has 2 aliphatic rings. The van der Waals surface area contributed by atoms with Crippen LogP contribution in [-0.4, -0.2) is 37.3 Å². The molecule has 0 bridgehead atoms. The van der Waals surface area contributed by atoms with E-state index in [1.54, 1.807) is 36.8 Å². The first-order valence-corrected chi connectivity index (χ1v) is 15.1. The van der Waals surface area contributed by atoms with Gasteiger partial charge in [0.1, 0.15) is 11.8 Å². The number of hydrogen-bond acceptors (Lipinski definition) is 7. The smallest absolute Gasteiger partial charge is 0.338 e. The Morgan fingerprint density at radius 2 is 1.81 bits per heavy atom. The van der Waals surface area contributed by atoms with E-state index in [2.05, 4.69) is 17.0 Å². The number of thiazole rings is 1. The van der Waals surface area contributed by atoms with Crippen molar-refractivity contribution in [1.82, 2.24) is 4.57 Å². The summed E-state index contributed by atoms with van der Waals surface area (Å²) in [5.74, 6) is -0.0634. The highest BCUT2D eigenvalue weighted by atomic mass is 35.5. The molecule has 9 heteroatoms. The van der Waals surface area contributed by atoms with Crippen molar-refractivity contribution in [2.24, 2.45) is 4.99 Å². The van der Waals surface area contributed by atoms with E-state index in [1.165, 1.54) is 29.9 Å². The van der Waals surface area contributed by atoms with Crippen LogP contribution in [0.2, 0.25) is 5.02 Å². The van der Waals surface area contributed by atoms with E-state index >= 15 is 0 Å². The number of ether oxygens (including phenoxy) is 2. The molecule has 1 saturated heterocycles. The quantitative estimate of drug-likeness (QED) is 0.273. The lowest BCUT2D eigenvalue weighted by Crippen LogP contribution is -2.40. The molecule has 0 radical (unpaired) electrons. The molecule has 3 aromatic carbocycles. The Morgan fingerprint density at radius 3 is 2.50 bits per heavy atom. The number of carbonyl (C=O) groups is 1. The number of anilines is 1. The molecule has 0 amide bonds. The summed E-state index contributed by atoms with van der Waals surface area (Å²) >= 11 is 7.75. The topological polar surface area (TPSA) is 73.1 Å². The minimum absolute atomic E-state index is 0.168. The van der Waals surface area contributed by atoms with Gasteiger partial charge in [0.05, 0.1) is 29.5 Å². The molecule has 0 unspecified atom stereocenters. The van der Waals surface area contributed by atoms with Crippen molar-refractivity contribution in [3.63, 3.8) is 0 Å². The second-order valence-electron chi connectivity index (χ2n) is 10.1. The summed E-state index contributed by atoms with van der Waals surface area (Å²) in [6, 6.07) is 22.0. The standard InChI is InChI=1S/C33H30ClN3O4S/c1-3-41-32(39)28-29(22-9-5-4-6-10-22)35-33-37(30(28)25-20-23(34)13-16-26(25)40-2)31(38)27(42-33)19-21-11-14-24(15-12-21)36-17-7-8-18-36/h4-6,9-16,19-20,30H,3,7-8,17-18H2,1-2H3/b27-19-/t30-/m0/s1. The number of carbonyl (C=O) groups excluding carboxylic acids is 1. The van der Waals surface area contributed by atoms with E-state index in [1.807, 2.05) is 48.5 Å². The van der Waals surface area contributed by atoms with Crippen LogP contribution in [0.3, 0.4) is 0 Å². The first kappa shape index (κ1) is 28.0. The Labute approximate surface area is 252 Å². The third-order valence-electron chi connectivity index (χ3n) is 7.52. The van der Waals surface area contributed by atoms with Gasteiger partial charge >= 0.3 is 5.97 Å². The van der Waals surface area contributed by atoms with Gasteiger partial charge in [-0.2, -0.15) is 0 Å². The summed E-state index contributed by atoms with van der Waals surface area (Å²) < 4.78 is 13.3. The minimum atomic E-state index is -0.871. The summed E-state index contributed by atoms with van der Waals surface area (Å²) in [6.45, 7) is 4.05. The van der Waals surface area contributed by atoms with E-state index in [-0.39, 0.29) is 17.7 Å². The van der Waals surface area contributed by atoms with Crippen molar-refractivity contribution < 1.29 is 14.3 Å². The Bertz CT molecular complexity index is 1840. The number of halogens is 1. The number of esters is 1. The zero-order valence-corrected chi connectivity index (χ0v) is 25.0. The Balaban J connectivity index is 1.58. The molecule has 0 aliphatic carbocycles. The second kappa shape index (κ2) is 12.0. The van der Waals surface area contributed by atoms with Gasteiger partial charge in [-0.1, -0.05) is 65.4 Å². The van der Waals surface area contributed by atoms with Crippen LogP contribution in [0, 0.1) is 0 Å². The monoisotopic (exact) mass is 599 g/mol. The van der Waals surface area contributed by atoms with Crippen molar-refractivity contribution in [3.05, 3.63) is 120 Å². The van der Waals surface area contributed by atoms with Crippen LogP contribution in [0.15, 0.2) is 88.2 Å². The highest BCUT2D eigenvalue weighted by molar-refractivity contribution is 7.07. The molecule has 6 rings (SSSR count). The predicted octanol–water partition coefficient (Wildman–Crippen LogP) is 5.20. The van der Waals surface area contributed by atoms with Crippen molar-refractivity contribution in [2.45, 2.75) is 25.8 Å². The van der Waals surface area contributed by atoms with Crippen LogP contribution in [0.4, 0.5) is 5.69 Å². The number of rotatable bonds is 7. The van der Waals surface area contributed by atoms with Crippen molar-refractivity contribution in [1.29, 1.82) is 0 Å². The number of aromatic nitrogens is 1. The molecule has 0 saturated carbocycles. The zero-order chi connectivity index (χ0) is 29.2. The predicted molar refractivity (Wildman–Crippen MR) is 167 cm³/mol. The third kappa shape index (κ3) is 5.28. The van der Waals surface area contributed by atoms with Crippen LogP contribution in [-0.2, 0) is 9.53 Å². The number of benzene rings is 3. The SMILES string of the molecule is CCOC(=O)C1=C(c2ccccc2)N=c2s/c(=C\c3ccc(N4CCCC4)cc3)c(=O)n2[C@H]1c1cc(Cl)ccc1OC. The fourth-order valence-corrected chi connectivity index (χ4v) is 6.74. The highest BCUT2D eigenvalue weighted by Gasteiger charge is 2.36. The molecule has 4 aromatic rings. The van der Waals surface area contributed by atoms with Crippen molar-refractivity contribution >= 4 is 46.4 Å². The second-order valence-corrected chi connectivity index (χ2v) is 11.5. The van der Waals surface area contributed by atoms with Gasteiger partial charge in [0, 0.05) is 34.9 Å². The van der Waals surface area contributed by atoms with Gasteiger partial charge in [-0.05, 0) is 61.7 Å². The fourth-order valence-electron chi connectivity index (χ4n) is 5.56. The molecule has 0 N–H and O–H groups in total. The van der Waals surface area contributed by atoms with E-state index < -0.39 is 12.0 Å². The Morgan fingerprint density at radius 1 is 1.07 bits per heavy atom. The number of methoxy groups -OCH3 is 1. The molecule has 1 fully saturated rings. The Kier molecular flexibility index (Phi) is 8.00. The number of fused-ring (bicyclic) bond motifs is 1. The Hall–Kier alpha value is -4.14. The van der Waals surface area contributed by atoms with Gasteiger partial charge in [0.25, 0.3) is 5.56 Å². The van der Waals surface area contributed by atoms with Gasteiger partial charge in [-0.15, -0.1) is 0 Å². The molecule has 1 aromatic heterocycles. The van der Waals surface area contributed by atoms with E-state index in [4.69, 9.17) is 26.1 Å².